The molecule has 0 spiro atoms. The maximum absolute atomic E-state index is 12.0. The van der Waals surface area contributed by atoms with E-state index in [2.05, 4.69) is 4.72 Å². The summed E-state index contributed by atoms with van der Waals surface area (Å²) in [5.41, 5.74) is 6.25. The van der Waals surface area contributed by atoms with Crippen LogP contribution in [0.3, 0.4) is 0 Å². The van der Waals surface area contributed by atoms with E-state index in [1.54, 1.807) is 12.1 Å². The molecule has 0 radical (unpaired) electrons. The average molecular weight is 350 g/mol. The van der Waals surface area contributed by atoms with Gasteiger partial charge in [0.15, 0.2) is 0 Å². The summed E-state index contributed by atoms with van der Waals surface area (Å²) in [5.74, 6) is -0.0532. The quantitative estimate of drug-likeness (QED) is 0.513. The van der Waals surface area contributed by atoms with Crippen LogP contribution in [0.2, 0.25) is 0 Å². The minimum atomic E-state index is -3.63. The summed E-state index contributed by atoms with van der Waals surface area (Å²) in [4.78, 5) is 0.457. The summed E-state index contributed by atoms with van der Waals surface area (Å²) < 4.78 is 48.2. The van der Waals surface area contributed by atoms with Gasteiger partial charge in [-0.05, 0) is 24.1 Å². The van der Waals surface area contributed by atoms with Crippen molar-refractivity contribution in [3.05, 3.63) is 29.8 Å². The molecule has 0 aliphatic carbocycles. The third-order valence-corrected chi connectivity index (χ3v) is 5.25. The van der Waals surface area contributed by atoms with Crippen LogP contribution < -0.4 is 10.5 Å². The predicted octanol–water partition coefficient (Wildman–Crippen LogP) is 0.228. The SMILES string of the molecule is CS(=O)(=O)CCCNS(=O)(=O)c1ccc(CC(N)=S)cc1. The van der Waals surface area contributed by atoms with Gasteiger partial charge < -0.3 is 5.73 Å². The van der Waals surface area contributed by atoms with E-state index in [4.69, 9.17) is 18.0 Å². The molecule has 0 saturated carbocycles. The van der Waals surface area contributed by atoms with Crippen LogP contribution >= 0.6 is 12.2 Å². The lowest BCUT2D eigenvalue weighted by molar-refractivity contribution is 0.577. The van der Waals surface area contributed by atoms with Gasteiger partial charge in [0.05, 0.1) is 15.6 Å². The third-order valence-electron chi connectivity index (χ3n) is 2.60. The summed E-state index contributed by atoms with van der Waals surface area (Å²) in [5, 5.41) is 0. The Morgan fingerprint density at radius 3 is 2.24 bits per heavy atom. The van der Waals surface area contributed by atoms with Gasteiger partial charge in [-0.25, -0.2) is 21.6 Å². The molecule has 0 heterocycles. The third kappa shape index (κ3) is 6.98. The van der Waals surface area contributed by atoms with Gasteiger partial charge in [0.25, 0.3) is 0 Å². The lowest BCUT2D eigenvalue weighted by Gasteiger charge is -2.07. The number of sulfonamides is 1. The van der Waals surface area contributed by atoms with Crippen LogP contribution in [0.4, 0.5) is 0 Å². The van der Waals surface area contributed by atoms with Crippen molar-refractivity contribution in [1.29, 1.82) is 0 Å². The normalized spacial score (nSPS) is 12.2. The van der Waals surface area contributed by atoms with E-state index in [0.717, 1.165) is 11.8 Å². The molecule has 1 rings (SSSR count). The Morgan fingerprint density at radius 1 is 1.19 bits per heavy atom. The number of hydrogen-bond donors (Lipinski definition) is 2. The van der Waals surface area contributed by atoms with Gasteiger partial charge in [0, 0.05) is 19.2 Å². The van der Waals surface area contributed by atoms with Gasteiger partial charge >= 0.3 is 0 Å². The summed E-state index contributed by atoms with van der Waals surface area (Å²) in [7, 11) is -6.71. The molecule has 0 aliphatic rings. The van der Waals surface area contributed by atoms with Crippen LogP contribution in [0.15, 0.2) is 29.2 Å². The van der Waals surface area contributed by atoms with Crippen molar-refractivity contribution in [1.82, 2.24) is 4.72 Å². The van der Waals surface area contributed by atoms with Gasteiger partial charge in [0.1, 0.15) is 9.84 Å². The molecule has 118 valence electrons. The van der Waals surface area contributed by atoms with E-state index in [-0.39, 0.29) is 23.6 Å². The number of nitrogens with one attached hydrogen (secondary N) is 1. The fourth-order valence-corrected chi connectivity index (χ4v) is 3.52. The van der Waals surface area contributed by atoms with Crippen LogP contribution in [0.1, 0.15) is 12.0 Å². The molecule has 6 nitrogen and oxygen atoms in total. The minimum Gasteiger partial charge on any atom is -0.393 e. The van der Waals surface area contributed by atoms with Crippen LogP contribution in [0, 0.1) is 0 Å². The van der Waals surface area contributed by atoms with Crippen molar-refractivity contribution in [3.63, 3.8) is 0 Å². The van der Waals surface area contributed by atoms with Crippen LogP contribution in [0.25, 0.3) is 0 Å². The second-order valence-electron chi connectivity index (χ2n) is 4.67. The first kappa shape index (κ1) is 18.0. The highest BCUT2D eigenvalue weighted by Gasteiger charge is 2.13. The standard InChI is InChI=1S/C12H18N2O4S3/c1-20(15,16)8-2-7-14-21(17,18)11-5-3-10(4-6-11)9-12(13)19/h3-6,14H,2,7-9H2,1H3,(H2,13,19). The number of nitrogens with two attached hydrogens (primary N) is 1. The average Bonchev–Trinajstić information content (AvgIpc) is 2.33. The first-order valence-corrected chi connectivity index (χ1v) is 10.1. The Morgan fingerprint density at radius 2 is 1.76 bits per heavy atom. The molecular weight excluding hydrogens is 332 g/mol. The first-order chi connectivity index (χ1) is 9.60. The Hall–Kier alpha value is -1.03. The fourth-order valence-electron chi connectivity index (χ4n) is 1.61. The van der Waals surface area contributed by atoms with Gasteiger partial charge in [0.2, 0.25) is 10.0 Å². The molecule has 0 amide bonds. The van der Waals surface area contributed by atoms with Gasteiger partial charge in [-0.3, -0.25) is 0 Å². The van der Waals surface area contributed by atoms with Gasteiger partial charge in [-0.1, -0.05) is 24.4 Å². The number of benzene rings is 1. The zero-order chi connectivity index (χ0) is 16.1. The van der Waals surface area contributed by atoms with Crippen LogP contribution in [0.5, 0.6) is 0 Å². The molecule has 0 saturated heterocycles. The minimum absolute atomic E-state index is 0.0532. The van der Waals surface area contributed by atoms with E-state index in [1.165, 1.54) is 12.1 Å². The molecule has 0 unspecified atom stereocenters. The highest BCUT2D eigenvalue weighted by Crippen LogP contribution is 2.11. The molecule has 21 heavy (non-hydrogen) atoms. The number of rotatable bonds is 8. The maximum Gasteiger partial charge on any atom is 0.240 e. The zero-order valence-corrected chi connectivity index (χ0v) is 14.0. The van der Waals surface area contributed by atoms with Crippen LogP contribution in [-0.4, -0.2) is 40.4 Å². The summed E-state index contributed by atoms with van der Waals surface area (Å²) >= 11 is 4.78. The second kappa shape index (κ2) is 7.30. The smallest absolute Gasteiger partial charge is 0.240 e. The maximum atomic E-state index is 12.0. The molecule has 9 heteroatoms. The van der Waals surface area contributed by atoms with Crippen molar-refractivity contribution >= 4 is 37.1 Å². The van der Waals surface area contributed by atoms with E-state index in [0.29, 0.717) is 11.4 Å². The Bertz CT molecular complexity index is 695. The molecule has 1 aromatic carbocycles. The molecule has 0 aromatic heterocycles. The summed E-state index contributed by atoms with van der Waals surface area (Å²) in [6.07, 6.45) is 1.76. The number of thiocarbonyl (C=S) groups is 1. The Kier molecular flexibility index (Phi) is 6.26. The van der Waals surface area contributed by atoms with Crippen molar-refractivity contribution in [2.75, 3.05) is 18.6 Å². The zero-order valence-electron chi connectivity index (χ0n) is 11.6. The Balaban J connectivity index is 2.64. The summed E-state index contributed by atoms with van der Waals surface area (Å²) in [6, 6.07) is 6.22. The van der Waals surface area contributed by atoms with Crippen LogP contribution in [-0.2, 0) is 26.3 Å². The largest absolute Gasteiger partial charge is 0.393 e. The molecule has 3 N–H and O–H groups in total. The van der Waals surface area contributed by atoms with E-state index in [9.17, 15) is 16.8 Å². The Labute approximate surface area is 130 Å². The first-order valence-electron chi connectivity index (χ1n) is 6.15. The lowest BCUT2D eigenvalue weighted by atomic mass is 10.1. The topological polar surface area (TPSA) is 106 Å². The van der Waals surface area contributed by atoms with Gasteiger partial charge in [-0.15, -0.1) is 0 Å². The van der Waals surface area contributed by atoms with Crippen molar-refractivity contribution < 1.29 is 16.8 Å². The number of sulfone groups is 1. The molecular formula is C12H18N2O4S3. The van der Waals surface area contributed by atoms with E-state index in [1.807, 2.05) is 0 Å². The fraction of sp³-hybridized carbons (Fsp3) is 0.417. The van der Waals surface area contributed by atoms with E-state index >= 15 is 0 Å². The van der Waals surface area contributed by atoms with Crippen molar-refractivity contribution in [2.24, 2.45) is 5.73 Å². The number of hydrogen-bond acceptors (Lipinski definition) is 5. The predicted molar refractivity (Wildman–Crippen MR) is 86.4 cm³/mol. The summed E-state index contributed by atoms with van der Waals surface area (Å²) in [6.45, 7) is 0.0735. The molecule has 0 bridgehead atoms. The molecule has 0 atom stereocenters. The highest BCUT2D eigenvalue weighted by molar-refractivity contribution is 7.90. The monoisotopic (exact) mass is 350 g/mol. The van der Waals surface area contributed by atoms with Crippen molar-refractivity contribution in [3.8, 4) is 0 Å². The highest BCUT2D eigenvalue weighted by atomic mass is 32.2. The molecule has 0 fully saturated rings. The molecule has 1 aromatic rings. The lowest BCUT2D eigenvalue weighted by Crippen LogP contribution is -2.26. The van der Waals surface area contributed by atoms with E-state index < -0.39 is 19.9 Å². The van der Waals surface area contributed by atoms with Crippen molar-refractivity contribution in [2.45, 2.75) is 17.7 Å². The van der Waals surface area contributed by atoms with Gasteiger partial charge in [-0.2, -0.15) is 0 Å². The second-order valence-corrected chi connectivity index (χ2v) is 9.22. The molecule has 0 aliphatic heterocycles.